The molecule has 0 atom stereocenters. The van der Waals surface area contributed by atoms with E-state index in [1.807, 2.05) is 12.1 Å². The van der Waals surface area contributed by atoms with E-state index >= 15 is 0 Å². The van der Waals surface area contributed by atoms with Crippen LogP contribution in [0.1, 0.15) is 17.5 Å². The van der Waals surface area contributed by atoms with Gasteiger partial charge in [-0.2, -0.15) is 0 Å². The summed E-state index contributed by atoms with van der Waals surface area (Å²) in [6.45, 7) is 1.32. The summed E-state index contributed by atoms with van der Waals surface area (Å²) in [6.07, 6.45) is 2.08. The summed E-state index contributed by atoms with van der Waals surface area (Å²) in [5.41, 5.74) is 2.75. The molecule has 1 aliphatic rings. The molecule has 5 heteroatoms. The fourth-order valence-electron chi connectivity index (χ4n) is 3.07. The summed E-state index contributed by atoms with van der Waals surface area (Å²) in [4.78, 5) is 16.2. The average Bonchev–Trinajstić information content (AvgIpc) is 2.58. The van der Waals surface area contributed by atoms with Gasteiger partial charge in [-0.1, -0.05) is 35.9 Å². The van der Waals surface area contributed by atoms with Crippen molar-refractivity contribution in [3.8, 4) is 0 Å². The summed E-state index contributed by atoms with van der Waals surface area (Å²) in [5.74, 6) is -0.434. The number of benzene rings is 2. The molecule has 0 saturated carbocycles. The lowest BCUT2D eigenvalue weighted by molar-refractivity contribution is -0.129. The van der Waals surface area contributed by atoms with Crippen LogP contribution in [0.2, 0.25) is 5.02 Å². The largest absolute Gasteiger partial charge is 0.362 e. The number of likely N-dealkylation sites (N-methyl/N-ethyl adjacent to an activating group) is 1. The van der Waals surface area contributed by atoms with E-state index in [-0.39, 0.29) is 18.3 Å². The molecule has 0 unspecified atom stereocenters. The molecule has 0 aromatic heterocycles. The van der Waals surface area contributed by atoms with E-state index < -0.39 is 0 Å². The molecule has 24 heavy (non-hydrogen) atoms. The number of rotatable bonds is 4. The minimum absolute atomic E-state index is 0.0500. The van der Waals surface area contributed by atoms with E-state index in [0.29, 0.717) is 17.1 Å². The fraction of sp³-hybridized carbons (Fsp3) is 0.316. The van der Waals surface area contributed by atoms with Gasteiger partial charge in [-0.3, -0.25) is 4.79 Å². The normalized spacial score (nSPS) is 13.5. The Kier molecular flexibility index (Phi) is 5.05. The van der Waals surface area contributed by atoms with Crippen molar-refractivity contribution in [1.29, 1.82) is 0 Å². The highest BCUT2D eigenvalue weighted by Crippen LogP contribution is 2.26. The zero-order chi connectivity index (χ0) is 17.1. The molecule has 126 valence electrons. The zero-order valence-corrected chi connectivity index (χ0v) is 14.4. The van der Waals surface area contributed by atoms with Gasteiger partial charge in [0.05, 0.1) is 6.54 Å². The van der Waals surface area contributed by atoms with Gasteiger partial charge >= 0.3 is 0 Å². The molecule has 2 aromatic rings. The van der Waals surface area contributed by atoms with Crippen molar-refractivity contribution in [2.75, 3.05) is 25.0 Å². The third-order valence-electron chi connectivity index (χ3n) is 4.42. The maximum Gasteiger partial charge on any atom is 0.242 e. The van der Waals surface area contributed by atoms with Gasteiger partial charge in [-0.15, -0.1) is 0 Å². The maximum atomic E-state index is 13.9. The lowest BCUT2D eigenvalue weighted by Gasteiger charge is -2.32. The third kappa shape index (κ3) is 3.54. The first-order chi connectivity index (χ1) is 11.6. The second kappa shape index (κ2) is 7.22. The lowest BCUT2D eigenvalue weighted by atomic mass is 10.0. The molecule has 0 bridgehead atoms. The van der Waals surface area contributed by atoms with Gasteiger partial charge in [0.25, 0.3) is 0 Å². The predicted molar refractivity (Wildman–Crippen MR) is 94.9 cm³/mol. The van der Waals surface area contributed by atoms with Crippen LogP contribution in [0, 0.1) is 5.82 Å². The molecule has 0 N–H and O–H groups in total. The summed E-state index contributed by atoms with van der Waals surface area (Å²) in [6, 6.07) is 12.7. The summed E-state index contributed by atoms with van der Waals surface area (Å²) < 4.78 is 13.9. The molecule has 3 rings (SSSR count). The monoisotopic (exact) mass is 346 g/mol. The molecule has 0 spiro atoms. The highest BCUT2D eigenvalue weighted by molar-refractivity contribution is 6.31. The van der Waals surface area contributed by atoms with Crippen LogP contribution >= 0.6 is 11.6 Å². The van der Waals surface area contributed by atoms with Crippen LogP contribution in [-0.2, 0) is 17.8 Å². The van der Waals surface area contributed by atoms with Crippen molar-refractivity contribution in [1.82, 2.24) is 4.90 Å². The molecule has 0 fully saturated rings. The van der Waals surface area contributed by atoms with Crippen molar-refractivity contribution < 1.29 is 9.18 Å². The number of anilines is 1. The summed E-state index contributed by atoms with van der Waals surface area (Å²) in [5, 5.41) is 0.345. The number of para-hydroxylation sites is 1. The van der Waals surface area contributed by atoms with Crippen LogP contribution in [0.5, 0.6) is 0 Å². The fourth-order valence-corrected chi connectivity index (χ4v) is 3.29. The Balaban J connectivity index is 1.69. The standard InChI is InChI=1S/C19H20ClFN2O/c1-22(12-15-16(20)8-4-9-17(15)21)19(24)13-23-11-5-7-14-6-2-3-10-18(14)23/h2-4,6,8-10H,5,7,11-13H2,1H3. The van der Waals surface area contributed by atoms with E-state index in [2.05, 4.69) is 17.0 Å². The average molecular weight is 347 g/mol. The van der Waals surface area contributed by atoms with Crippen LogP contribution in [0.25, 0.3) is 0 Å². The van der Waals surface area contributed by atoms with Crippen molar-refractivity contribution in [2.45, 2.75) is 19.4 Å². The first-order valence-corrected chi connectivity index (χ1v) is 8.44. The summed E-state index contributed by atoms with van der Waals surface area (Å²) >= 11 is 6.05. The van der Waals surface area contributed by atoms with Gasteiger partial charge in [-0.05, 0) is 36.6 Å². The quantitative estimate of drug-likeness (QED) is 0.838. The SMILES string of the molecule is CN(Cc1c(F)cccc1Cl)C(=O)CN1CCCc2ccccc21. The molecule has 1 amide bonds. The number of hydrogen-bond donors (Lipinski definition) is 0. The van der Waals surface area contributed by atoms with Crippen LogP contribution in [0.4, 0.5) is 10.1 Å². The highest BCUT2D eigenvalue weighted by Gasteiger charge is 2.21. The van der Waals surface area contributed by atoms with Gasteiger partial charge < -0.3 is 9.80 Å². The Morgan fingerprint density at radius 1 is 1.25 bits per heavy atom. The molecule has 0 saturated heterocycles. The smallest absolute Gasteiger partial charge is 0.242 e. The Morgan fingerprint density at radius 2 is 2.04 bits per heavy atom. The predicted octanol–water partition coefficient (Wildman–Crippen LogP) is 3.89. The molecule has 0 radical (unpaired) electrons. The van der Waals surface area contributed by atoms with E-state index in [9.17, 15) is 9.18 Å². The zero-order valence-electron chi connectivity index (χ0n) is 13.6. The number of carbonyl (C=O) groups is 1. The Hall–Kier alpha value is -2.07. The Morgan fingerprint density at radius 3 is 2.83 bits per heavy atom. The van der Waals surface area contributed by atoms with Crippen LogP contribution in [0.15, 0.2) is 42.5 Å². The van der Waals surface area contributed by atoms with E-state index in [4.69, 9.17) is 11.6 Å². The molecule has 2 aromatic carbocycles. The summed E-state index contributed by atoms with van der Waals surface area (Å²) in [7, 11) is 1.68. The molecule has 1 aliphatic heterocycles. The minimum Gasteiger partial charge on any atom is -0.362 e. The van der Waals surface area contributed by atoms with Crippen molar-refractivity contribution in [2.24, 2.45) is 0 Å². The lowest BCUT2D eigenvalue weighted by Crippen LogP contribution is -2.40. The third-order valence-corrected chi connectivity index (χ3v) is 4.77. The minimum atomic E-state index is -0.384. The number of aryl methyl sites for hydroxylation is 1. The Bertz CT molecular complexity index is 730. The molecule has 1 heterocycles. The number of nitrogens with zero attached hydrogens (tertiary/aromatic N) is 2. The highest BCUT2D eigenvalue weighted by atomic mass is 35.5. The van der Waals surface area contributed by atoms with Crippen LogP contribution in [0.3, 0.4) is 0 Å². The number of hydrogen-bond acceptors (Lipinski definition) is 2. The van der Waals surface area contributed by atoms with Gasteiger partial charge in [0.2, 0.25) is 5.91 Å². The van der Waals surface area contributed by atoms with E-state index in [1.165, 1.54) is 16.5 Å². The van der Waals surface area contributed by atoms with Crippen molar-refractivity contribution in [3.05, 3.63) is 64.4 Å². The van der Waals surface area contributed by atoms with Crippen molar-refractivity contribution >= 4 is 23.2 Å². The number of halogens is 2. The number of carbonyl (C=O) groups excluding carboxylic acids is 1. The first-order valence-electron chi connectivity index (χ1n) is 8.06. The van der Waals surface area contributed by atoms with Gasteiger partial charge in [-0.25, -0.2) is 4.39 Å². The number of amides is 1. The molecule has 0 aliphatic carbocycles. The van der Waals surface area contributed by atoms with Crippen molar-refractivity contribution in [3.63, 3.8) is 0 Å². The van der Waals surface area contributed by atoms with Crippen LogP contribution in [-0.4, -0.2) is 30.9 Å². The van der Waals surface area contributed by atoms with E-state index in [0.717, 1.165) is 25.1 Å². The van der Waals surface area contributed by atoms with Gasteiger partial charge in [0, 0.05) is 36.4 Å². The second-order valence-electron chi connectivity index (χ2n) is 6.10. The maximum absolute atomic E-state index is 13.9. The van der Waals surface area contributed by atoms with E-state index in [1.54, 1.807) is 19.2 Å². The van der Waals surface area contributed by atoms with Gasteiger partial charge in [0.1, 0.15) is 5.82 Å². The van der Waals surface area contributed by atoms with Gasteiger partial charge in [0.15, 0.2) is 0 Å². The Labute approximate surface area is 146 Å². The second-order valence-corrected chi connectivity index (χ2v) is 6.51. The van der Waals surface area contributed by atoms with Crippen LogP contribution < -0.4 is 4.90 Å². The molecule has 3 nitrogen and oxygen atoms in total. The molecular weight excluding hydrogens is 327 g/mol. The number of fused-ring (bicyclic) bond motifs is 1. The molecular formula is C19H20ClFN2O. The topological polar surface area (TPSA) is 23.6 Å². The first kappa shape index (κ1) is 16.8.